The van der Waals surface area contributed by atoms with Crippen molar-refractivity contribution < 1.29 is 23.8 Å². The lowest BCUT2D eigenvalue weighted by atomic mass is 10.1. The fourth-order valence-electron chi connectivity index (χ4n) is 4.33. The van der Waals surface area contributed by atoms with E-state index in [9.17, 15) is 9.59 Å². The molecule has 2 heterocycles. The summed E-state index contributed by atoms with van der Waals surface area (Å²) < 4.78 is 18.6. The second kappa shape index (κ2) is 9.78. The fourth-order valence-corrected chi connectivity index (χ4v) is 4.33. The van der Waals surface area contributed by atoms with Gasteiger partial charge in [0.2, 0.25) is 5.91 Å². The van der Waals surface area contributed by atoms with Gasteiger partial charge in [-0.05, 0) is 63.4 Å². The summed E-state index contributed by atoms with van der Waals surface area (Å²) in [5, 5.41) is 4.87. The zero-order valence-electron chi connectivity index (χ0n) is 20.9. The molecular weight excluding hydrogens is 458 g/mol. The first kappa shape index (κ1) is 24.1. The molecule has 1 saturated carbocycles. The van der Waals surface area contributed by atoms with Crippen LogP contribution in [-0.2, 0) is 25.7 Å². The van der Waals surface area contributed by atoms with Crippen molar-refractivity contribution in [1.29, 1.82) is 0 Å². The van der Waals surface area contributed by atoms with Crippen molar-refractivity contribution in [2.45, 2.75) is 57.8 Å². The number of hydrogen-bond acceptors (Lipinski definition) is 6. The Morgan fingerprint density at radius 2 is 1.86 bits per heavy atom. The molecule has 0 N–H and O–H groups in total. The summed E-state index contributed by atoms with van der Waals surface area (Å²) in [7, 11) is 1.34. The Kier molecular flexibility index (Phi) is 6.53. The van der Waals surface area contributed by atoms with E-state index in [-0.39, 0.29) is 18.6 Å². The van der Waals surface area contributed by atoms with Gasteiger partial charge in [-0.2, -0.15) is 5.10 Å². The minimum absolute atomic E-state index is 0.111. The molecule has 5 rings (SSSR count). The molecule has 36 heavy (non-hydrogen) atoms. The van der Waals surface area contributed by atoms with Crippen molar-refractivity contribution in [1.82, 2.24) is 9.78 Å². The molecule has 188 valence electrons. The molecule has 1 aromatic heterocycles. The van der Waals surface area contributed by atoms with Gasteiger partial charge >= 0.3 is 5.97 Å². The van der Waals surface area contributed by atoms with Crippen LogP contribution in [0.1, 0.15) is 45.2 Å². The molecule has 0 atom stereocenters. The summed E-state index contributed by atoms with van der Waals surface area (Å²) in [4.78, 5) is 26.5. The molecule has 0 bridgehead atoms. The molecule has 2 aromatic carbocycles. The summed E-state index contributed by atoms with van der Waals surface area (Å²) in [6.07, 6.45) is 3.83. The summed E-state index contributed by atoms with van der Waals surface area (Å²) in [5.74, 6) is 0.472. The lowest BCUT2D eigenvalue weighted by Crippen LogP contribution is -2.35. The molecular formula is C28H31N3O5. The number of hydrogen-bond donors (Lipinski definition) is 0. The van der Waals surface area contributed by atoms with Crippen molar-refractivity contribution >= 4 is 17.6 Å². The predicted molar refractivity (Wildman–Crippen MR) is 135 cm³/mol. The average Bonchev–Trinajstić information content (AvgIpc) is 3.42. The third-order valence-corrected chi connectivity index (χ3v) is 6.45. The standard InChI is InChI=1S/C28H31N3O5/c1-28(2,27(33)34-3)35-18-20-17-25(19-8-6-9-22(16-19)36-21-13-14-21)31(29-20)24-11-5-4-10-23(24)30-15-7-12-26(30)32/h4-6,8-11,16-17,21H,7,12-15,18H2,1-3H3. The predicted octanol–water partition coefficient (Wildman–Crippen LogP) is 4.68. The number of aromatic nitrogens is 2. The van der Waals surface area contributed by atoms with Gasteiger partial charge in [-0.15, -0.1) is 0 Å². The molecule has 1 saturated heterocycles. The van der Waals surface area contributed by atoms with Gasteiger partial charge < -0.3 is 19.1 Å². The van der Waals surface area contributed by atoms with Gasteiger partial charge in [-0.1, -0.05) is 24.3 Å². The Morgan fingerprint density at radius 1 is 1.08 bits per heavy atom. The highest BCUT2D eigenvalue weighted by molar-refractivity contribution is 5.97. The second-order valence-corrected chi connectivity index (χ2v) is 9.71. The maximum absolute atomic E-state index is 12.6. The number of rotatable bonds is 9. The zero-order valence-corrected chi connectivity index (χ0v) is 20.9. The van der Waals surface area contributed by atoms with E-state index in [1.54, 1.807) is 13.8 Å². The number of methoxy groups -OCH3 is 1. The van der Waals surface area contributed by atoms with Crippen LogP contribution in [0.25, 0.3) is 16.9 Å². The molecule has 8 nitrogen and oxygen atoms in total. The highest BCUT2D eigenvalue weighted by Crippen LogP contribution is 2.34. The first-order valence-electron chi connectivity index (χ1n) is 12.3. The molecule has 1 amide bonds. The number of carbonyl (C=O) groups excluding carboxylic acids is 2. The van der Waals surface area contributed by atoms with Crippen LogP contribution in [0.2, 0.25) is 0 Å². The minimum Gasteiger partial charge on any atom is -0.490 e. The number of esters is 1. The SMILES string of the molecule is COC(=O)C(C)(C)OCc1cc(-c2cccc(OC3CC3)c2)n(-c2ccccc2N2CCCC2=O)n1. The van der Waals surface area contributed by atoms with E-state index >= 15 is 0 Å². The molecule has 2 aliphatic rings. The van der Waals surface area contributed by atoms with Gasteiger partial charge in [-0.25, -0.2) is 9.48 Å². The zero-order chi connectivity index (χ0) is 25.3. The lowest BCUT2D eigenvalue weighted by Gasteiger charge is -2.21. The van der Waals surface area contributed by atoms with E-state index < -0.39 is 11.6 Å². The van der Waals surface area contributed by atoms with Gasteiger partial charge in [0.15, 0.2) is 5.60 Å². The number of ether oxygens (including phenoxy) is 3. The van der Waals surface area contributed by atoms with E-state index in [1.165, 1.54) is 7.11 Å². The Bertz CT molecular complexity index is 1280. The number of anilines is 1. The van der Waals surface area contributed by atoms with Crippen LogP contribution in [0.5, 0.6) is 5.75 Å². The average molecular weight is 490 g/mol. The minimum atomic E-state index is -1.11. The molecule has 3 aromatic rings. The quantitative estimate of drug-likeness (QED) is 0.406. The number of nitrogens with zero attached hydrogens (tertiary/aromatic N) is 3. The third-order valence-electron chi connectivity index (χ3n) is 6.45. The Labute approximate surface area is 210 Å². The van der Waals surface area contributed by atoms with Gasteiger partial charge in [0, 0.05) is 18.5 Å². The Morgan fingerprint density at radius 3 is 2.56 bits per heavy atom. The van der Waals surface area contributed by atoms with Gasteiger partial charge in [0.05, 0.1) is 42.6 Å². The second-order valence-electron chi connectivity index (χ2n) is 9.71. The molecule has 0 unspecified atom stereocenters. The van der Waals surface area contributed by atoms with E-state index in [0.717, 1.165) is 47.6 Å². The van der Waals surface area contributed by atoms with Gasteiger partial charge in [-0.3, -0.25) is 4.79 Å². The van der Waals surface area contributed by atoms with Crippen LogP contribution in [0.4, 0.5) is 5.69 Å². The van der Waals surface area contributed by atoms with Crippen LogP contribution in [0, 0.1) is 0 Å². The van der Waals surface area contributed by atoms with Crippen molar-refractivity contribution in [3.8, 4) is 22.7 Å². The van der Waals surface area contributed by atoms with Gasteiger partial charge in [0.25, 0.3) is 0 Å². The number of amides is 1. The molecule has 0 spiro atoms. The highest BCUT2D eigenvalue weighted by Gasteiger charge is 2.31. The largest absolute Gasteiger partial charge is 0.490 e. The summed E-state index contributed by atoms with van der Waals surface area (Å²) in [5.41, 5.74) is 2.92. The van der Waals surface area contributed by atoms with E-state index in [2.05, 4.69) is 0 Å². The molecule has 8 heteroatoms. The maximum atomic E-state index is 12.6. The summed E-state index contributed by atoms with van der Waals surface area (Å²) in [6.45, 7) is 4.14. The number of benzene rings is 2. The van der Waals surface area contributed by atoms with Crippen molar-refractivity contribution in [3.63, 3.8) is 0 Å². The van der Waals surface area contributed by atoms with Crippen LogP contribution in [0.15, 0.2) is 54.6 Å². The number of carbonyl (C=O) groups is 2. The third kappa shape index (κ3) is 4.99. The lowest BCUT2D eigenvalue weighted by molar-refractivity contribution is -0.166. The first-order valence-corrected chi connectivity index (χ1v) is 12.3. The Balaban J connectivity index is 1.55. The van der Waals surface area contributed by atoms with Crippen molar-refractivity contribution in [2.24, 2.45) is 0 Å². The Hall–Kier alpha value is -3.65. The van der Waals surface area contributed by atoms with E-state index in [4.69, 9.17) is 19.3 Å². The smallest absolute Gasteiger partial charge is 0.337 e. The first-order chi connectivity index (χ1) is 17.4. The topological polar surface area (TPSA) is 82.9 Å². The van der Waals surface area contributed by atoms with Gasteiger partial charge in [0.1, 0.15) is 5.75 Å². The molecule has 1 aliphatic carbocycles. The summed E-state index contributed by atoms with van der Waals surface area (Å²) >= 11 is 0. The summed E-state index contributed by atoms with van der Waals surface area (Å²) in [6, 6.07) is 17.7. The molecule has 0 radical (unpaired) electrons. The van der Waals surface area contributed by atoms with Crippen LogP contribution >= 0.6 is 0 Å². The molecule has 2 fully saturated rings. The van der Waals surface area contributed by atoms with Crippen LogP contribution in [0.3, 0.4) is 0 Å². The number of para-hydroxylation sites is 2. The highest BCUT2D eigenvalue weighted by atomic mass is 16.6. The van der Waals surface area contributed by atoms with E-state index in [1.807, 2.05) is 64.2 Å². The van der Waals surface area contributed by atoms with Crippen LogP contribution in [-0.4, -0.2) is 47.0 Å². The van der Waals surface area contributed by atoms with Crippen molar-refractivity contribution in [2.75, 3.05) is 18.6 Å². The fraction of sp³-hybridized carbons (Fsp3) is 0.393. The van der Waals surface area contributed by atoms with E-state index in [0.29, 0.717) is 18.7 Å². The monoisotopic (exact) mass is 489 g/mol. The molecule has 1 aliphatic heterocycles. The van der Waals surface area contributed by atoms with Crippen molar-refractivity contribution in [3.05, 3.63) is 60.3 Å². The van der Waals surface area contributed by atoms with Crippen LogP contribution < -0.4 is 9.64 Å². The maximum Gasteiger partial charge on any atom is 0.337 e. The normalized spacial score (nSPS) is 15.9.